The van der Waals surface area contributed by atoms with Gasteiger partial charge in [-0.3, -0.25) is 4.79 Å². The number of amides is 1. The van der Waals surface area contributed by atoms with Crippen LogP contribution in [-0.2, 0) is 4.79 Å². The number of hydrogen-bond acceptors (Lipinski definition) is 3. The largest absolute Gasteiger partial charge is 0.480 e. The van der Waals surface area contributed by atoms with Gasteiger partial charge in [-0.15, -0.1) is 0 Å². The van der Waals surface area contributed by atoms with Gasteiger partial charge in [-0.25, -0.2) is 0 Å². The summed E-state index contributed by atoms with van der Waals surface area (Å²) in [6.45, 7) is 5.72. The highest BCUT2D eigenvalue weighted by atomic mass is 35.5. The topological polar surface area (TPSA) is 64.3 Å². The highest BCUT2D eigenvalue weighted by Crippen LogP contribution is 2.24. The molecule has 0 radical (unpaired) electrons. The molecular formula is C15H21ClN2O2S. The lowest BCUT2D eigenvalue weighted by Crippen LogP contribution is -2.41. The third-order valence-corrected chi connectivity index (χ3v) is 3.45. The van der Waals surface area contributed by atoms with E-state index in [4.69, 9.17) is 34.3 Å². The van der Waals surface area contributed by atoms with Gasteiger partial charge in [-0.2, -0.15) is 0 Å². The van der Waals surface area contributed by atoms with E-state index in [0.717, 1.165) is 12.8 Å². The monoisotopic (exact) mass is 328 g/mol. The summed E-state index contributed by atoms with van der Waals surface area (Å²) < 4.78 is 5.66. The predicted molar refractivity (Wildman–Crippen MR) is 89.9 cm³/mol. The normalized spacial score (nSPS) is 13.3. The van der Waals surface area contributed by atoms with E-state index in [9.17, 15) is 4.79 Å². The molecule has 0 bridgehead atoms. The number of rotatable bonds is 7. The molecule has 0 spiro atoms. The van der Waals surface area contributed by atoms with Gasteiger partial charge < -0.3 is 15.8 Å². The van der Waals surface area contributed by atoms with Gasteiger partial charge in [0.25, 0.3) is 5.91 Å². The van der Waals surface area contributed by atoms with Crippen LogP contribution in [0.2, 0.25) is 5.02 Å². The fraction of sp³-hybridized carbons (Fsp3) is 0.467. The molecular weight excluding hydrogens is 308 g/mol. The number of hydrogen-bond donors (Lipinski definition) is 2. The molecule has 21 heavy (non-hydrogen) atoms. The van der Waals surface area contributed by atoms with Crippen LogP contribution in [0, 0.1) is 0 Å². The molecule has 0 aromatic heterocycles. The van der Waals surface area contributed by atoms with E-state index in [0.29, 0.717) is 16.3 Å². The van der Waals surface area contributed by atoms with E-state index in [2.05, 4.69) is 12.2 Å². The number of halogens is 1. The van der Waals surface area contributed by atoms with Gasteiger partial charge >= 0.3 is 0 Å². The molecule has 2 unspecified atom stereocenters. The van der Waals surface area contributed by atoms with Crippen LogP contribution in [-0.4, -0.2) is 23.0 Å². The van der Waals surface area contributed by atoms with E-state index in [1.54, 1.807) is 25.1 Å². The molecule has 0 saturated heterocycles. The Bertz CT molecular complexity index is 522. The van der Waals surface area contributed by atoms with Gasteiger partial charge in [0.05, 0.1) is 5.56 Å². The van der Waals surface area contributed by atoms with Gasteiger partial charge in [-0.1, -0.05) is 37.2 Å². The summed E-state index contributed by atoms with van der Waals surface area (Å²) in [5, 5.41) is 3.40. The molecule has 116 valence electrons. The first kappa shape index (κ1) is 17.7. The fourth-order valence-electron chi connectivity index (χ4n) is 1.91. The minimum Gasteiger partial charge on any atom is -0.480 e. The number of carbonyl (C=O) groups excluding carboxylic acids is 1. The first-order valence-electron chi connectivity index (χ1n) is 6.91. The molecule has 6 heteroatoms. The number of ether oxygens (including phenoxy) is 1. The second-order valence-corrected chi connectivity index (χ2v) is 5.84. The van der Waals surface area contributed by atoms with Crippen LogP contribution in [0.15, 0.2) is 18.2 Å². The Morgan fingerprint density at radius 3 is 2.71 bits per heavy atom. The molecule has 4 nitrogen and oxygen atoms in total. The maximum absolute atomic E-state index is 12.1. The highest BCUT2D eigenvalue weighted by molar-refractivity contribution is 7.80. The van der Waals surface area contributed by atoms with Crippen molar-refractivity contribution in [1.29, 1.82) is 0 Å². The summed E-state index contributed by atoms with van der Waals surface area (Å²) in [7, 11) is 0. The summed E-state index contributed by atoms with van der Waals surface area (Å²) in [5.41, 5.74) is 6.21. The van der Waals surface area contributed by atoms with Crippen LogP contribution in [0.5, 0.6) is 5.75 Å². The van der Waals surface area contributed by atoms with Gasteiger partial charge in [0.1, 0.15) is 10.7 Å². The van der Waals surface area contributed by atoms with Crippen LogP contribution in [0.3, 0.4) is 0 Å². The van der Waals surface area contributed by atoms with Crippen LogP contribution in [0.4, 0.5) is 0 Å². The minimum atomic E-state index is -0.657. The number of thiocarbonyl (C=S) groups is 1. The van der Waals surface area contributed by atoms with Crippen molar-refractivity contribution in [3.8, 4) is 5.75 Å². The predicted octanol–water partition coefficient (Wildman–Crippen LogP) is 3.05. The summed E-state index contributed by atoms with van der Waals surface area (Å²) in [6, 6.07) is 5.08. The van der Waals surface area contributed by atoms with Crippen LogP contribution < -0.4 is 15.8 Å². The zero-order chi connectivity index (χ0) is 16.0. The van der Waals surface area contributed by atoms with Crippen molar-refractivity contribution in [1.82, 2.24) is 5.32 Å². The summed E-state index contributed by atoms with van der Waals surface area (Å²) >= 11 is 10.9. The number of nitrogens with two attached hydrogens (primary N) is 1. The Balaban J connectivity index is 2.78. The van der Waals surface area contributed by atoms with Gasteiger partial charge in [-0.05, 0) is 38.5 Å². The molecule has 0 aliphatic rings. The second-order valence-electron chi connectivity index (χ2n) is 4.96. The Labute approximate surface area is 136 Å². The minimum absolute atomic E-state index is 0.114. The molecule has 0 heterocycles. The number of nitrogens with one attached hydrogen (secondary N) is 1. The Hall–Kier alpha value is -1.33. The first-order valence-corrected chi connectivity index (χ1v) is 7.70. The Morgan fingerprint density at radius 2 is 2.14 bits per heavy atom. The average Bonchev–Trinajstić information content (AvgIpc) is 2.38. The van der Waals surface area contributed by atoms with Crippen molar-refractivity contribution in [2.45, 2.75) is 45.8 Å². The maximum atomic E-state index is 12.1. The third-order valence-electron chi connectivity index (χ3n) is 2.99. The number of carbonyl (C=O) groups is 1. The molecule has 0 fully saturated rings. The smallest absolute Gasteiger partial charge is 0.260 e. The van der Waals surface area contributed by atoms with E-state index in [-0.39, 0.29) is 16.9 Å². The molecule has 0 saturated carbocycles. The zero-order valence-electron chi connectivity index (χ0n) is 12.5. The molecule has 2 atom stereocenters. The average molecular weight is 329 g/mol. The lowest BCUT2D eigenvalue weighted by Gasteiger charge is -2.19. The van der Waals surface area contributed by atoms with E-state index in [1.807, 2.05) is 6.92 Å². The van der Waals surface area contributed by atoms with Crippen molar-refractivity contribution in [3.63, 3.8) is 0 Å². The van der Waals surface area contributed by atoms with E-state index >= 15 is 0 Å². The van der Waals surface area contributed by atoms with Gasteiger partial charge in [0.15, 0.2) is 6.10 Å². The van der Waals surface area contributed by atoms with Crippen molar-refractivity contribution < 1.29 is 9.53 Å². The van der Waals surface area contributed by atoms with Crippen LogP contribution >= 0.6 is 23.8 Å². The molecule has 3 N–H and O–H groups in total. The van der Waals surface area contributed by atoms with Crippen molar-refractivity contribution in [2.75, 3.05) is 0 Å². The van der Waals surface area contributed by atoms with E-state index in [1.165, 1.54) is 0 Å². The lowest BCUT2D eigenvalue weighted by molar-refractivity contribution is -0.127. The van der Waals surface area contributed by atoms with Crippen molar-refractivity contribution in [2.24, 2.45) is 5.73 Å². The standard InChI is InChI=1S/C15H21ClN2O2S/c1-4-5-9(2)18-15(19)10(3)20-13-8-11(16)6-7-12(13)14(17)21/h6-10H,4-5H2,1-3H3,(H2,17,21)(H,18,19). The SMILES string of the molecule is CCCC(C)NC(=O)C(C)Oc1cc(Cl)ccc1C(N)=S. The Kier molecular flexibility index (Phi) is 6.92. The second kappa shape index (κ2) is 8.20. The first-order chi connectivity index (χ1) is 9.85. The molecule has 1 amide bonds. The third kappa shape index (κ3) is 5.52. The zero-order valence-corrected chi connectivity index (χ0v) is 14.1. The molecule has 0 aliphatic carbocycles. The Morgan fingerprint density at radius 1 is 1.48 bits per heavy atom. The summed E-state index contributed by atoms with van der Waals surface area (Å²) in [4.78, 5) is 12.3. The van der Waals surface area contributed by atoms with Crippen molar-refractivity contribution in [3.05, 3.63) is 28.8 Å². The van der Waals surface area contributed by atoms with Crippen LogP contribution in [0.25, 0.3) is 0 Å². The molecule has 1 aromatic rings. The molecule has 1 rings (SSSR count). The number of benzene rings is 1. The summed E-state index contributed by atoms with van der Waals surface area (Å²) in [5.74, 6) is 0.241. The molecule has 1 aromatic carbocycles. The summed E-state index contributed by atoms with van der Waals surface area (Å²) in [6.07, 6.45) is 1.28. The van der Waals surface area contributed by atoms with E-state index < -0.39 is 6.10 Å². The quantitative estimate of drug-likeness (QED) is 0.755. The fourth-order valence-corrected chi connectivity index (χ4v) is 2.24. The van der Waals surface area contributed by atoms with Crippen LogP contribution in [0.1, 0.15) is 39.2 Å². The van der Waals surface area contributed by atoms with Crippen molar-refractivity contribution >= 4 is 34.7 Å². The highest BCUT2D eigenvalue weighted by Gasteiger charge is 2.18. The lowest BCUT2D eigenvalue weighted by atomic mass is 10.2. The van der Waals surface area contributed by atoms with Gasteiger partial charge in [0, 0.05) is 11.1 Å². The van der Waals surface area contributed by atoms with Gasteiger partial charge in [0.2, 0.25) is 0 Å². The maximum Gasteiger partial charge on any atom is 0.260 e. The molecule has 0 aliphatic heterocycles.